The Morgan fingerprint density at radius 3 is 2.30 bits per heavy atom. The van der Waals surface area contributed by atoms with Crippen LogP contribution in [-0.4, -0.2) is 54.7 Å². The lowest BCUT2D eigenvalue weighted by Gasteiger charge is -2.15. The van der Waals surface area contributed by atoms with Crippen molar-refractivity contribution >= 4 is 23.1 Å². The maximum Gasteiger partial charge on any atom is 0.283 e. The zero-order valence-electron chi connectivity index (χ0n) is 20.8. The number of hydrogen-bond donors (Lipinski definition) is 3. The van der Waals surface area contributed by atoms with Crippen molar-refractivity contribution in [3.63, 3.8) is 0 Å². The summed E-state index contributed by atoms with van der Waals surface area (Å²) in [5, 5.41) is 2.95. The number of anilines is 1. The molecule has 0 fully saturated rings. The van der Waals surface area contributed by atoms with E-state index in [1.807, 2.05) is 30.3 Å². The number of nitrogens with one attached hydrogen (secondary N) is 2. The molecule has 5 N–H and O–H groups in total. The predicted molar refractivity (Wildman–Crippen MR) is 137 cm³/mol. The first kappa shape index (κ1) is 27.8. The van der Waals surface area contributed by atoms with Crippen LogP contribution in [0.15, 0.2) is 49.1 Å². The van der Waals surface area contributed by atoms with Gasteiger partial charge in [-0.2, -0.15) is 4.37 Å². The number of aromatic amines is 1. The number of carbonyl (C=O) groups is 1. The molecule has 2 aromatic heterocycles. The molecule has 2 aromatic carbocycles. The molecule has 0 aliphatic heterocycles. The topological polar surface area (TPSA) is 135 Å². The summed E-state index contributed by atoms with van der Waals surface area (Å²) in [7, 11) is 6.28. The van der Waals surface area contributed by atoms with Crippen LogP contribution in [0.5, 0.6) is 23.0 Å². The Labute approximate surface area is 224 Å². The van der Waals surface area contributed by atoms with Crippen LogP contribution in [0.25, 0.3) is 21.6 Å². The first-order valence-corrected chi connectivity index (χ1v) is 11.8. The van der Waals surface area contributed by atoms with Crippen LogP contribution in [-0.2, 0) is 11.2 Å². The molecule has 0 spiro atoms. The second kappa shape index (κ2) is 12.4. The fraction of sp³-hybridized carbons (Fsp3) is 0.240. The minimum atomic E-state index is -0.517. The molecule has 1 atom stereocenters. The summed E-state index contributed by atoms with van der Waals surface area (Å²) in [6.07, 6.45) is 5.49. The van der Waals surface area contributed by atoms with Gasteiger partial charge >= 0.3 is 0 Å². The number of imidazole rings is 1. The number of benzene rings is 2. The molecule has 0 radical (unpaired) electrons. The summed E-state index contributed by atoms with van der Waals surface area (Å²) in [6.45, 7) is 0. The van der Waals surface area contributed by atoms with Crippen molar-refractivity contribution in [1.82, 2.24) is 14.3 Å². The number of aromatic nitrogens is 3. The molecular weight excluding hydrogens is 518 g/mol. The third-order valence-electron chi connectivity index (χ3n) is 5.66. The number of halogens is 1. The number of quaternary nitrogens is 1. The zero-order valence-corrected chi connectivity index (χ0v) is 22.4. The Morgan fingerprint density at radius 2 is 1.70 bits per heavy atom. The molecule has 0 aliphatic rings. The molecule has 0 saturated heterocycles. The van der Waals surface area contributed by atoms with Crippen molar-refractivity contribution in [2.45, 2.75) is 12.5 Å². The monoisotopic (exact) mass is 545 g/mol. The summed E-state index contributed by atoms with van der Waals surface area (Å²) < 4.78 is 26.4. The zero-order chi connectivity index (χ0) is 25.7. The Balaban J connectivity index is 0.00000380. The van der Waals surface area contributed by atoms with Crippen molar-refractivity contribution in [3.05, 3.63) is 54.7 Å². The normalized spacial score (nSPS) is 11.3. The molecule has 4 aromatic rings. The van der Waals surface area contributed by atoms with Gasteiger partial charge in [-0.3, -0.25) is 4.79 Å². The lowest BCUT2D eigenvalue weighted by molar-refractivity contribution is -0.402. The molecular formula is C25H28ClN5O5S. The van der Waals surface area contributed by atoms with E-state index >= 15 is 0 Å². The molecule has 0 unspecified atom stereocenters. The lowest BCUT2D eigenvalue weighted by atomic mass is 10.0. The highest BCUT2D eigenvalue weighted by molar-refractivity contribution is 7.10. The van der Waals surface area contributed by atoms with Gasteiger partial charge in [0, 0.05) is 29.2 Å². The van der Waals surface area contributed by atoms with Crippen LogP contribution in [0.3, 0.4) is 0 Å². The van der Waals surface area contributed by atoms with Gasteiger partial charge in [0.05, 0.1) is 51.8 Å². The highest BCUT2D eigenvalue weighted by Crippen LogP contribution is 2.45. The van der Waals surface area contributed by atoms with Gasteiger partial charge in [-0.15, -0.1) is 0 Å². The number of carbonyl (C=O) groups excluding carboxylic acids is 1. The number of methoxy groups -OCH3 is 4. The fourth-order valence-corrected chi connectivity index (χ4v) is 4.58. The van der Waals surface area contributed by atoms with E-state index < -0.39 is 6.04 Å². The summed E-state index contributed by atoms with van der Waals surface area (Å²) >= 11 is 1.35. The van der Waals surface area contributed by atoms with Gasteiger partial charge in [-0.05, 0) is 41.4 Å². The Hall–Kier alpha value is -3.80. The van der Waals surface area contributed by atoms with Crippen LogP contribution >= 0.6 is 11.5 Å². The van der Waals surface area contributed by atoms with Crippen LogP contribution in [0, 0.1) is 0 Å². The standard InChI is InChI=1S/C25H27N5O5S.ClH/c1-32-20-6-5-14(7-19(20)30-25(31)18(26)10-16-11-27-13-28-16)17-12-29-36-24(17)15-8-21(33-2)23(35-4)22(9-15)34-3;/h5-9,11-13,18H,10,26H2,1-4H3,(H,27,28)(H,30,31);1H/t18-;/m0./s1. The van der Waals surface area contributed by atoms with Gasteiger partial charge in [0.25, 0.3) is 5.91 Å². The van der Waals surface area contributed by atoms with Crippen molar-refractivity contribution in [1.29, 1.82) is 0 Å². The number of amides is 1. The van der Waals surface area contributed by atoms with E-state index in [9.17, 15) is 4.79 Å². The molecule has 0 aliphatic carbocycles. The smallest absolute Gasteiger partial charge is 0.283 e. The van der Waals surface area contributed by atoms with Crippen LogP contribution < -0.4 is 42.4 Å². The van der Waals surface area contributed by atoms with E-state index in [2.05, 4.69) is 25.4 Å². The van der Waals surface area contributed by atoms with Crippen molar-refractivity contribution < 1.29 is 41.9 Å². The van der Waals surface area contributed by atoms with Crippen molar-refractivity contribution in [2.75, 3.05) is 33.8 Å². The minimum absolute atomic E-state index is 0. The predicted octanol–water partition coefficient (Wildman–Crippen LogP) is 0.0303. The molecule has 10 nitrogen and oxygen atoms in total. The van der Waals surface area contributed by atoms with Gasteiger partial charge in [0.1, 0.15) is 5.75 Å². The number of nitrogens with zero attached hydrogens (tertiary/aromatic N) is 2. The van der Waals surface area contributed by atoms with Crippen LogP contribution in [0.2, 0.25) is 0 Å². The quantitative estimate of drug-likeness (QED) is 0.256. The van der Waals surface area contributed by atoms with E-state index in [4.69, 9.17) is 18.9 Å². The lowest BCUT2D eigenvalue weighted by Crippen LogP contribution is -3.00. The minimum Gasteiger partial charge on any atom is -1.00 e. The second-order valence-electron chi connectivity index (χ2n) is 7.86. The van der Waals surface area contributed by atoms with Gasteiger partial charge in [-0.1, -0.05) is 6.07 Å². The Bertz CT molecular complexity index is 1320. The maximum atomic E-state index is 12.9. The summed E-state index contributed by atoms with van der Waals surface area (Å²) in [5.41, 5.74) is 7.98. The van der Waals surface area contributed by atoms with Gasteiger partial charge in [0.2, 0.25) is 5.75 Å². The Morgan fingerprint density at radius 1 is 1.00 bits per heavy atom. The summed E-state index contributed by atoms with van der Waals surface area (Å²) in [6, 6.07) is 8.85. The van der Waals surface area contributed by atoms with Crippen LogP contribution in [0.1, 0.15) is 5.69 Å². The maximum absolute atomic E-state index is 12.9. The fourth-order valence-electron chi connectivity index (χ4n) is 3.83. The first-order chi connectivity index (χ1) is 17.5. The highest BCUT2D eigenvalue weighted by atomic mass is 35.5. The number of H-pyrrole nitrogens is 1. The average molecular weight is 546 g/mol. The van der Waals surface area contributed by atoms with Crippen molar-refractivity contribution in [3.8, 4) is 44.6 Å². The number of hydrogen-bond acceptors (Lipinski definition) is 8. The molecule has 0 saturated carbocycles. The van der Waals surface area contributed by atoms with Crippen LogP contribution in [0.4, 0.5) is 5.69 Å². The third kappa shape index (κ3) is 5.96. The first-order valence-electron chi connectivity index (χ1n) is 11.0. The summed E-state index contributed by atoms with van der Waals surface area (Å²) in [5.74, 6) is 1.93. The van der Waals surface area contributed by atoms with E-state index in [1.54, 1.807) is 47.2 Å². The highest BCUT2D eigenvalue weighted by Gasteiger charge is 2.22. The molecule has 37 heavy (non-hydrogen) atoms. The molecule has 2 heterocycles. The van der Waals surface area contributed by atoms with Crippen molar-refractivity contribution in [2.24, 2.45) is 0 Å². The second-order valence-corrected chi connectivity index (χ2v) is 8.67. The average Bonchev–Trinajstić information content (AvgIpc) is 3.60. The van der Waals surface area contributed by atoms with Gasteiger partial charge in [0.15, 0.2) is 17.5 Å². The molecule has 1 amide bonds. The third-order valence-corrected chi connectivity index (χ3v) is 6.51. The summed E-state index contributed by atoms with van der Waals surface area (Å²) in [4.78, 5) is 20.8. The number of rotatable bonds is 10. The van der Waals surface area contributed by atoms with E-state index in [-0.39, 0.29) is 18.3 Å². The Kier molecular flexibility index (Phi) is 9.34. The van der Waals surface area contributed by atoms with E-state index in [1.165, 1.54) is 11.5 Å². The largest absolute Gasteiger partial charge is 1.00 e. The van der Waals surface area contributed by atoms with E-state index in [0.717, 1.165) is 27.3 Å². The SMILES string of the molecule is COc1ccc(-c2cnsc2-c2cc(OC)c(OC)c(OC)c2)cc1NC(=O)[C@@H]([NH3+])Cc1cnc[nH]1.[Cl-]. The molecule has 4 rings (SSSR count). The van der Waals surface area contributed by atoms with Gasteiger partial charge in [-0.25, -0.2) is 4.98 Å². The van der Waals surface area contributed by atoms with E-state index in [0.29, 0.717) is 35.1 Å². The molecule has 12 heteroatoms. The van der Waals surface area contributed by atoms with Gasteiger partial charge < -0.3 is 47.4 Å². The molecule has 196 valence electrons. The number of ether oxygens (including phenoxy) is 4. The molecule has 0 bridgehead atoms.